The summed E-state index contributed by atoms with van der Waals surface area (Å²) < 4.78 is 30.4. The van der Waals surface area contributed by atoms with E-state index in [1.165, 1.54) is 29.8 Å². The number of amides is 2. The number of hydrogen-bond acceptors (Lipinski definition) is 6. The van der Waals surface area contributed by atoms with Gasteiger partial charge in [-0.05, 0) is 91.7 Å². The van der Waals surface area contributed by atoms with Gasteiger partial charge in [0.15, 0.2) is 0 Å². The molecule has 0 aliphatic carbocycles. The van der Waals surface area contributed by atoms with E-state index in [0.29, 0.717) is 25.4 Å². The second-order valence-electron chi connectivity index (χ2n) is 12.0. The van der Waals surface area contributed by atoms with Crippen LogP contribution in [0.3, 0.4) is 0 Å². The zero-order chi connectivity index (χ0) is 31.9. The molecule has 0 spiro atoms. The summed E-state index contributed by atoms with van der Waals surface area (Å²) in [5, 5.41) is 19.5. The van der Waals surface area contributed by atoms with Gasteiger partial charge in [0.1, 0.15) is 11.6 Å². The lowest BCUT2D eigenvalue weighted by Crippen LogP contribution is -2.35. The van der Waals surface area contributed by atoms with Crippen molar-refractivity contribution in [1.82, 2.24) is 10.6 Å². The number of aliphatic hydroxyl groups is 1. The molecule has 3 aromatic rings. The first-order chi connectivity index (χ1) is 21.8. The standard InChI is InChI=1S/C36H48FN3O5/c1-36(2)44-26-30-23-29(13-18-34(30)45-36)33(41)25-38-19-6-3-4-7-20-43-21-8-5-10-27-11-9-12-28(22-27)24-39-35(42)40-32-16-14-31(37)15-17-32/h9,11-18,22-23,33,38,41H,3-8,10,19-21,24-26H2,1-2H3,(H2,39,40,42)/t33-/m0/s1. The maximum atomic E-state index is 13.0. The molecule has 0 saturated heterocycles. The van der Waals surface area contributed by atoms with Gasteiger partial charge in [-0.2, -0.15) is 0 Å². The van der Waals surface area contributed by atoms with Gasteiger partial charge < -0.3 is 35.3 Å². The number of carbonyl (C=O) groups excluding carboxylic acids is 1. The molecule has 1 aliphatic heterocycles. The summed E-state index contributed by atoms with van der Waals surface area (Å²) in [6.07, 6.45) is 6.86. The molecule has 3 aromatic carbocycles. The molecule has 0 saturated carbocycles. The number of urea groups is 1. The Kier molecular flexibility index (Phi) is 13.6. The Bertz CT molecular complexity index is 1330. The molecule has 4 N–H and O–H groups in total. The molecule has 0 aromatic heterocycles. The number of carbonyl (C=O) groups is 1. The number of benzene rings is 3. The average molecular weight is 622 g/mol. The van der Waals surface area contributed by atoms with Crippen LogP contribution < -0.4 is 20.7 Å². The van der Waals surface area contributed by atoms with Gasteiger partial charge in [0.05, 0.1) is 12.7 Å². The van der Waals surface area contributed by atoms with Gasteiger partial charge in [0, 0.05) is 51.4 Å². The molecular weight excluding hydrogens is 573 g/mol. The summed E-state index contributed by atoms with van der Waals surface area (Å²) in [5.74, 6) is -0.136. The first-order valence-corrected chi connectivity index (χ1v) is 16.1. The first-order valence-electron chi connectivity index (χ1n) is 16.1. The van der Waals surface area contributed by atoms with Gasteiger partial charge in [-0.3, -0.25) is 0 Å². The number of unbranched alkanes of at least 4 members (excludes halogenated alkanes) is 4. The molecule has 45 heavy (non-hydrogen) atoms. The van der Waals surface area contributed by atoms with Crippen molar-refractivity contribution in [2.45, 2.75) is 83.8 Å². The lowest BCUT2D eigenvalue weighted by molar-refractivity contribution is -0.180. The highest BCUT2D eigenvalue weighted by atomic mass is 19.1. The fourth-order valence-corrected chi connectivity index (χ4v) is 5.15. The van der Waals surface area contributed by atoms with Crippen LogP contribution in [-0.4, -0.2) is 43.2 Å². The van der Waals surface area contributed by atoms with E-state index in [1.54, 1.807) is 0 Å². The van der Waals surface area contributed by atoms with Crippen LogP contribution in [0.5, 0.6) is 5.75 Å². The molecule has 2 amide bonds. The highest BCUT2D eigenvalue weighted by Gasteiger charge is 2.27. The summed E-state index contributed by atoms with van der Waals surface area (Å²) in [5.41, 5.74) is 4.67. The van der Waals surface area contributed by atoms with Crippen LogP contribution >= 0.6 is 0 Å². The van der Waals surface area contributed by atoms with Crippen molar-refractivity contribution < 1.29 is 28.5 Å². The van der Waals surface area contributed by atoms with Crippen molar-refractivity contribution in [1.29, 1.82) is 0 Å². The van der Waals surface area contributed by atoms with Crippen LogP contribution in [0.15, 0.2) is 66.7 Å². The van der Waals surface area contributed by atoms with E-state index < -0.39 is 11.9 Å². The quantitative estimate of drug-likeness (QED) is 0.114. The molecule has 0 fully saturated rings. The first kappa shape index (κ1) is 34.4. The molecule has 0 radical (unpaired) electrons. The van der Waals surface area contributed by atoms with Gasteiger partial charge in [0.2, 0.25) is 5.79 Å². The second-order valence-corrected chi connectivity index (χ2v) is 12.0. The van der Waals surface area contributed by atoms with Gasteiger partial charge in [0.25, 0.3) is 0 Å². The minimum absolute atomic E-state index is 0.325. The molecule has 1 aliphatic rings. The minimum atomic E-state index is -0.617. The molecule has 244 valence electrons. The zero-order valence-corrected chi connectivity index (χ0v) is 26.6. The van der Waals surface area contributed by atoms with Gasteiger partial charge in [-0.1, -0.05) is 43.2 Å². The molecule has 1 heterocycles. The fraction of sp³-hybridized carbons (Fsp3) is 0.472. The molecular formula is C36H48FN3O5. The molecule has 9 heteroatoms. The van der Waals surface area contributed by atoms with Gasteiger partial charge in [-0.25, -0.2) is 9.18 Å². The number of aliphatic hydroxyl groups excluding tert-OH is 1. The third-order valence-electron chi connectivity index (χ3n) is 7.68. The summed E-state index contributed by atoms with van der Waals surface area (Å²) in [7, 11) is 0. The summed E-state index contributed by atoms with van der Waals surface area (Å²) in [6.45, 7) is 7.65. The number of fused-ring (bicyclic) bond motifs is 1. The van der Waals surface area contributed by atoms with Crippen molar-refractivity contribution in [3.8, 4) is 5.75 Å². The van der Waals surface area contributed by atoms with E-state index in [-0.39, 0.29) is 11.8 Å². The molecule has 0 unspecified atom stereocenters. The van der Waals surface area contributed by atoms with E-state index in [9.17, 15) is 14.3 Å². The molecule has 1 atom stereocenters. The van der Waals surface area contributed by atoms with E-state index in [4.69, 9.17) is 14.2 Å². The molecule has 0 bridgehead atoms. The predicted octanol–water partition coefficient (Wildman–Crippen LogP) is 7.02. The second kappa shape index (κ2) is 17.8. The van der Waals surface area contributed by atoms with Crippen molar-refractivity contribution in [3.05, 3.63) is 94.8 Å². The number of hydrogen-bond donors (Lipinski definition) is 4. The normalized spacial score (nSPS) is 14.3. The third-order valence-corrected chi connectivity index (χ3v) is 7.68. The Morgan fingerprint density at radius 3 is 2.53 bits per heavy atom. The number of halogens is 1. The maximum Gasteiger partial charge on any atom is 0.319 e. The lowest BCUT2D eigenvalue weighted by atomic mass is 10.0. The Morgan fingerprint density at radius 2 is 1.71 bits per heavy atom. The van der Waals surface area contributed by atoms with Crippen LogP contribution in [0.2, 0.25) is 0 Å². The van der Waals surface area contributed by atoms with Crippen molar-refractivity contribution in [3.63, 3.8) is 0 Å². The zero-order valence-electron chi connectivity index (χ0n) is 26.6. The summed E-state index contributed by atoms with van der Waals surface area (Å²) in [4.78, 5) is 12.1. The molecule has 8 nitrogen and oxygen atoms in total. The molecule has 4 rings (SSSR count). The largest absolute Gasteiger partial charge is 0.463 e. The van der Waals surface area contributed by atoms with E-state index >= 15 is 0 Å². The smallest absolute Gasteiger partial charge is 0.319 e. The number of ether oxygens (including phenoxy) is 3. The van der Waals surface area contributed by atoms with Crippen LogP contribution in [0, 0.1) is 5.82 Å². The number of aryl methyl sites for hydroxylation is 1. The van der Waals surface area contributed by atoms with Gasteiger partial charge >= 0.3 is 6.03 Å². The highest BCUT2D eigenvalue weighted by molar-refractivity contribution is 5.89. The predicted molar refractivity (Wildman–Crippen MR) is 175 cm³/mol. The third kappa shape index (κ3) is 12.4. The van der Waals surface area contributed by atoms with Crippen LogP contribution in [0.4, 0.5) is 14.9 Å². The lowest BCUT2D eigenvalue weighted by Gasteiger charge is -2.33. The fourth-order valence-electron chi connectivity index (χ4n) is 5.15. The Morgan fingerprint density at radius 1 is 0.956 bits per heavy atom. The van der Waals surface area contributed by atoms with E-state index in [2.05, 4.69) is 28.1 Å². The van der Waals surface area contributed by atoms with Crippen molar-refractivity contribution in [2.24, 2.45) is 0 Å². The Labute approximate surface area is 266 Å². The summed E-state index contributed by atoms with van der Waals surface area (Å²) in [6, 6.07) is 19.4. The topological polar surface area (TPSA) is 101 Å². The monoisotopic (exact) mass is 621 g/mol. The van der Waals surface area contributed by atoms with E-state index in [0.717, 1.165) is 87.1 Å². The number of nitrogens with one attached hydrogen (secondary N) is 3. The number of anilines is 1. The van der Waals surface area contributed by atoms with Gasteiger partial charge in [-0.15, -0.1) is 0 Å². The van der Waals surface area contributed by atoms with Crippen LogP contribution in [0.1, 0.15) is 80.7 Å². The van der Waals surface area contributed by atoms with Crippen LogP contribution in [0.25, 0.3) is 0 Å². The summed E-state index contributed by atoms with van der Waals surface area (Å²) >= 11 is 0. The minimum Gasteiger partial charge on any atom is -0.463 e. The van der Waals surface area contributed by atoms with E-state index in [1.807, 2.05) is 44.2 Å². The Balaban J connectivity index is 0.964. The maximum absolute atomic E-state index is 13.0. The SMILES string of the molecule is CC1(C)OCc2cc([C@@H](O)CNCCCCCCOCCCCc3cccc(CNC(=O)Nc4ccc(F)cc4)c3)ccc2O1. The average Bonchev–Trinajstić information content (AvgIpc) is 3.03. The van der Waals surface area contributed by atoms with Crippen LogP contribution in [-0.2, 0) is 29.0 Å². The van der Waals surface area contributed by atoms with Crippen molar-refractivity contribution >= 4 is 11.7 Å². The van der Waals surface area contributed by atoms with Crippen molar-refractivity contribution in [2.75, 3.05) is 31.6 Å². The number of rotatable bonds is 18. The highest BCUT2D eigenvalue weighted by Crippen LogP contribution is 2.32. The Hall–Kier alpha value is -3.50.